The van der Waals surface area contributed by atoms with Crippen LogP contribution in [-0.2, 0) is 14.3 Å². The zero-order valence-corrected chi connectivity index (χ0v) is 12.1. The fourth-order valence-corrected chi connectivity index (χ4v) is 3.53. The Morgan fingerprint density at radius 3 is 2.95 bits per heavy atom. The molecule has 1 aliphatic heterocycles. The molecule has 2 atom stereocenters. The summed E-state index contributed by atoms with van der Waals surface area (Å²) in [5.74, 6) is -0.541. The van der Waals surface area contributed by atoms with Gasteiger partial charge in [-0.15, -0.1) is 0 Å². The topological polar surface area (TPSA) is 78.9 Å². The molecule has 1 amide bonds. The van der Waals surface area contributed by atoms with Gasteiger partial charge in [0, 0.05) is 26.2 Å². The van der Waals surface area contributed by atoms with E-state index in [-0.39, 0.29) is 18.4 Å². The van der Waals surface area contributed by atoms with Gasteiger partial charge in [0.25, 0.3) is 0 Å². The number of hydrogen-bond donors (Lipinski definition) is 2. The number of carboxylic acid groups (broad SMARTS) is 1. The molecule has 1 saturated heterocycles. The molecule has 0 radical (unpaired) electrons. The molecule has 2 N–H and O–H groups in total. The van der Waals surface area contributed by atoms with Crippen molar-refractivity contribution in [1.82, 2.24) is 10.2 Å². The molecular weight excluding hydrogens is 260 g/mol. The van der Waals surface area contributed by atoms with Crippen LogP contribution >= 0.6 is 0 Å². The number of ether oxygens (including phenoxy) is 1. The first-order valence-corrected chi connectivity index (χ1v) is 7.38. The summed E-state index contributed by atoms with van der Waals surface area (Å²) in [6, 6.07) is 0. The lowest BCUT2D eigenvalue weighted by molar-refractivity contribution is -0.149. The molecule has 114 valence electrons. The third-order valence-electron chi connectivity index (χ3n) is 4.51. The Bertz CT molecular complexity index is 374. The summed E-state index contributed by atoms with van der Waals surface area (Å²) in [6.45, 7) is 5.10. The number of aliphatic carboxylic acids is 1. The molecule has 0 aromatic heterocycles. The highest BCUT2D eigenvalue weighted by molar-refractivity contribution is 5.79. The average molecular weight is 284 g/mol. The van der Waals surface area contributed by atoms with Crippen LogP contribution in [0.3, 0.4) is 0 Å². The van der Waals surface area contributed by atoms with Crippen LogP contribution in [0, 0.1) is 11.3 Å². The predicted molar refractivity (Wildman–Crippen MR) is 73.4 cm³/mol. The maximum absolute atomic E-state index is 11.8. The van der Waals surface area contributed by atoms with Crippen molar-refractivity contribution in [3.8, 4) is 0 Å². The van der Waals surface area contributed by atoms with Crippen molar-refractivity contribution >= 4 is 11.9 Å². The van der Waals surface area contributed by atoms with Crippen LogP contribution < -0.4 is 5.32 Å². The Labute approximate surface area is 119 Å². The van der Waals surface area contributed by atoms with Gasteiger partial charge in [0.2, 0.25) is 5.91 Å². The van der Waals surface area contributed by atoms with E-state index in [0.717, 1.165) is 25.8 Å². The fourth-order valence-electron chi connectivity index (χ4n) is 3.53. The molecule has 0 bridgehead atoms. The van der Waals surface area contributed by atoms with Crippen LogP contribution in [0.4, 0.5) is 0 Å². The van der Waals surface area contributed by atoms with Gasteiger partial charge in [-0.1, -0.05) is 6.42 Å². The van der Waals surface area contributed by atoms with E-state index >= 15 is 0 Å². The van der Waals surface area contributed by atoms with Gasteiger partial charge < -0.3 is 15.2 Å². The SMILES string of the molecule is CCOCCNC(=O)CN1C[C@@H]2CCC[C@@]2(C(=O)O)C1. The number of rotatable bonds is 7. The number of fused-ring (bicyclic) bond motifs is 1. The molecule has 0 aromatic rings. The standard InChI is InChI=1S/C14H24N2O4/c1-2-20-7-6-15-12(17)9-16-8-11-4-3-5-14(11,10-16)13(18)19/h11H,2-10H2,1H3,(H,15,17)(H,18,19)/t11-,14+/m0/s1. The Morgan fingerprint density at radius 1 is 1.50 bits per heavy atom. The maximum Gasteiger partial charge on any atom is 0.311 e. The van der Waals surface area contributed by atoms with Crippen LogP contribution in [0.5, 0.6) is 0 Å². The normalized spacial score (nSPS) is 29.4. The van der Waals surface area contributed by atoms with Gasteiger partial charge in [0.1, 0.15) is 0 Å². The van der Waals surface area contributed by atoms with E-state index < -0.39 is 11.4 Å². The molecule has 20 heavy (non-hydrogen) atoms. The number of likely N-dealkylation sites (tertiary alicyclic amines) is 1. The van der Waals surface area contributed by atoms with Gasteiger partial charge in [0.15, 0.2) is 0 Å². The van der Waals surface area contributed by atoms with E-state index in [4.69, 9.17) is 4.74 Å². The average Bonchev–Trinajstić information content (AvgIpc) is 2.92. The Balaban J connectivity index is 1.78. The molecule has 0 spiro atoms. The largest absolute Gasteiger partial charge is 0.481 e. The summed E-state index contributed by atoms with van der Waals surface area (Å²) in [5, 5.41) is 12.3. The van der Waals surface area contributed by atoms with Crippen molar-refractivity contribution in [3.63, 3.8) is 0 Å². The van der Waals surface area contributed by atoms with Gasteiger partial charge in [-0.05, 0) is 25.7 Å². The van der Waals surface area contributed by atoms with E-state index in [2.05, 4.69) is 5.32 Å². The second kappa shape index (κ2) is 6.54. The Morgan fingerprint density at radius 2 is 2.30 bits per heavy atom. The number of nitrogens with zero attached hydrogens (tertiary/aromatic N) is 1. The minimum atomic E-state index is -0.695. The first kappa shape index (κ1) is 15.3. The third-order valence-corrected chi connectivity index (χ3v) is 4.51. The van der Waals surface area contributed by atoms with Crippen LogP contribution in [-0.4, -0.2) is 61.3 Å². The molecule has 2 fully saturated rings. The number of carboxylic acids is 1. The van der Waals surface area contributed by atoms with E-state index in [1.165, 1.54) is 0 Å². The van der Waals surface area contributed by atoms with Crippen LogP contribution in [0.25, 0.3) is 0 Å². The molecule has 6 nitrogen and oxygen atoms in total. The molecule has 2 rings (SSSR count). The first-order chi connectivity index (χ1) is 9.58. The third kappa shape index (κ3) is 3.12. The van der Waals surface area contributed by atoms with Crippen molar-refractivity contribution in [2.24, 2.45) is 11.3 Å². The lowest BCUT2D eigenvalue weighted by Gasteiger charge is -2.23. The summed E-state index contributed by atoms with van der Waals surface area (Å²) < 4.78 is 5.16. The highest BCUT2D eigenvalue weighted by Crippen LogP contribution is 2.48. The summed E-state index contributed by atoms with van der Waals surface area (Å²) in [6.07, 6.45) is 2.70. The van der Waals surface area contributed by atoms with Gasteiger partial charge in [-0.25, -0.2) is 0 Å². The lowest BCUT2D eigenvalue weighted by atomic mass is 9.81. The van der Waals surface area contributed by atoms with E-state index in [1.54, 1.807) is 0 Å². The smallest absolute Gasteiger partial charge is 0.311 e. The molecule has 2 aliphatic rings. The van der Waals surface area contributed by atoms with Crippen LogP contribution in [0.1, 0.15) is 26.2 Å². The molecule has 1 saturated carbocycles. The number of carbonyl (C=O) groups excluding carboxylic acids is 1. The quantitative estimate of drug-likeness (QED) is 0.659. The first-order valence-electron chi connectivity index (χ1n) is 7.38. The minimum absolute atomic E-state index is 0.0507. The monoisotopic (exact) mass is 284 g/mol. The van der Waals surface area contributed by atoms with Crippen molar-refractivity contribution in [2.75, 3.05) is 39.4 Å². The Kier molecular flexibility index (Phi) is 4.99. The molecule has 1 heterocycles. The molecule has 1 aliphatic carbocycles. The maximum atomic E-state index is 11.8. The summed E-state index contributed by atoms with van der Waals surface area (Å²) in [4.78, 5) is 25.3. The van der Waals surface area contributed by atoms with E-state index in [1.807, 2.05) is 11.8 Å². The number of nitrogens with one attached hydrogen (secondary N) is 1. The summed E-state index contributed by atoms with van der Waals surface area (Å²) in [7, 11) is 0. The second-order valence-electron chi connectivity index (χ2n) is 5.77. The highest BCUT2D eigenvalue weighted by atomic mass is 16.5. The van der Waals surface area contributed by atoms with Crippen molar-refractivity contribution in [3.05, 3.63) is 0 Å². The van der Waals surface area contributed by atoms with Crippen molar-refractivity contribution in [1.29, 1.82) is 0 Å². The number of hydrogen-bond acceptors (Lipinski definition) is 4. The van der Waals surface area contributed by atoms with Crippen LogP contribution in [0.2, 0.25) is 0 Å². The van der Waals surface area contributed by atoms with Gasteiger partial charge in [-0.3, -0.25) is 14.5 Å². The fraction of sp³-hybridized carbons (Fsp3) is 0.857. The lowest BCUT2D eigenvalue weighted by Crippen LogP contribution is -2.40. The summed E-state index contributed by atoms with van der Waals surface area (Å²) in [5.41, 5.74) is -0.606. The van der Waals surface area contributed by atoms with E-state index in [0.29, 0.717) is 26.3 Å². The molecule has 6 heteroatoms. The van der Waals surface area contributed by atoms with E-state index in [9.17, 15) is 14.7 Å². The number of carbonyl (C=O) groups is 2. The second-order valence-corrected chi connectivity index (χ2v) is 5.77. The zero-order valence-electron chi connectivity index (χ0n) is 12.1. The molecular formula is C14H24N2O4. The summed E-state index contributed by atoms with van der Waals surface area (Å²) >= 11 is 0. The van der Waals surface area contributed by atoms with Crippen LogP contribution in [0.15, 0.2) is 0 Å². The van der Waals surface area contributed by atoms with Gasteiger partial charge in [-0.2, -0.15) is 0 Å². The molecule has 0 aromatic carbocycles. The molecule has 0 unspecified atom stereocenters. The Hall–Kier alpha value is -1.14. The highest BCUT2D eigenvalue weighted by Gasteiger charge is 2.54. The van der Waals surface area contributed by atoms with Gasteiger partial charge in [0.05, 0.1) is 18.6 Å². The minimum Gasteiger partial charge on any atom is -0.481 e. The van der Waals surface area contributed by atoms with Crippen molar-refractivity contribution < 1.29 is 19.4 Å². The van der Waals surface area contributed by atoms with Crippen molar-refractivity contribution in [2.45, 2.75) is 26.2 Å². The zero-order chi connectivity index (χ0) is 14.6. The number of amides is 1. The van der Waals surface area contributed by atoms with Gasteiger partial charge >= 0.3 is 5.97 Å². The predicted octanol–water partition coefficient (Wildman–Crippen LogP) is 0.326.